The van der Waals surface area contributed by atoms with Crippen molar-refractivity contribution in [1.29, 1.82) is 0 Å². The summed E-state index contributed by atoms with van der Waals surface area (Å²) in [5.41, 5.74) is 4.38. The van der Waals surface area contributed by atoms with Gasteiger partial charge >= 0.3 is 10.1 Å². The van der Waals surface area contributed by atoms with Gasteiger partial charge in [0, 0.05) is 23.5 Å². The van der Waals surface area contributed by atoms with Gasteiger partial charge in [-0.05, 0) is 24.3 Å². The molecule has 2 aromatic heterocycles. The van der Waals surface area contributed by atoms with Gasteiger partial charge < -0.3 is 2.85 Å². The van der Waals surface area contributed by atoms with Gasteiger partial charge in [-0.3, -0.25) is 9.97 Å². The first-order valence-electron chi connectivity index (χ1n) is 7.86. The van der Waals surface area contributed by atoms with Crippen molar-refractivity contribution in [1.82, 2.24) is 9.97 Å². The Kier molecular flexibility index (Phi) is 7.24. The van der Waals surface area contributed by atoms with E-state index in [1.165, 1.54) is 0 Å². The molecule has 0 saturated heterocycles. The van der Waals surface area contributed by atoms with Gasteiger partial charge in [-0.15, -0.1) is 0 Å². The molecule has 2 aromatic carbocycles. The number of rotatable bonds is 2. The third kappa shape index (κ3) is 5.49. The predicted molar refractivity (Wildman–Crippen MR) is 107 cm³/mol. The zero-order valence-corrected chi connectivity index (χ0v) is 14.0. The van der Waals surface area contributed by atoms with Crippen LogP contribution in [0.25, 0.3) is 22.5 Å². The van der Waals surface area contributed by atoms with Crippen LogP contribution in [0, 0.1) is 0 Å². The van der Waals surface area contributed by atoms with E-state index in [4.69, 9.17) is 0 Å². The van der Waals surface area contributed by atoms with Gasteiger partial charge in [-0.2, -0.15) is 0 Å². The van der Waals surface area contributed by atoms with E-state index in [1.54, 1.807) is 0 Å². The molecular formula is C22H20BeN2. The molecule has 0 aliphatic carbocycles. The van der Waals surface area contributed by atoms with E-state index in [9.17, 15) is 0 Å². The summed E-state index contributed by atoms with van der Waals surface area (Å²) in [6.07, 6.45) is 3.62. The Morgan fingerprint density at radius 2 is 0.800 bits per heavy atom. The van der Waals surface area contributed by atoms with E-state index in [2.05, 4.69) is 34.2 Å². The van der Waals surface area contributed by atoms with E-state index >= 15 is 0 Å². The van der Waals surface area contributed by atoms with Crippen molar-refractivity contribution >= 4 is 10.1 Å². The van der Waals surface area contributed by atoms with Gasteiger partial charge in [0.15, 0.2) is 0 Å². The van der Waals surface area contributed by atoms with Crippen LogP contribution >= 0.6 is 0 Å². The number of nitrogens with zero attached hydrogens (tertiary/aromatic N) is 2. The Labute approximate surface area is 155 Å². The molecule has 0 saturated carbocycles. The Morgan fingerprint density at radius 1 is 0.440 bits per heavy atom. The molecule has 0 fully saturated rings. The summed E-state index contributed by atoms with van der Waals surface area (Å²) in [5.74, 6) is 0. The summed E-state index contributed by atoms with van der Waals surface area (Å²) < 4.78 is 0. The topological polar surface area (TPSA) is 25.8 Å². The molecule has 0 radical (unpaired) electrons. The van der Waals surface area contributed by atoms with Crippen LogP contribution in [0.1, 0.15) is 2.85 Å². The number of pyridine rings is 2. The van der Waals surface area contributed by atoms with Gasteiger partial charge in [-0.1, -0.05) is 72.8 Å². The Morgan fingerprint density at radius 3 is 1.12 bits per heavy atom. The van der Waals surface area contributed by atoms with Crippen LogP contribution in [-0.2, 0) is 0 Å². The van der Waals surface area contributed by atoms with Gasteiger partial charge in [-0.25, -0.2) is 0 Å². The summed E-state index contributed by atoms with van der Waals surface area (Å²) >= 11 is 0. The van der Waals surface area contributed by atoms with Gasteiger partial charge in [0.1, 0.15) is 0 Å². The van der Waals surface area contributed by atoms with Crippen molar-refractivity contribution in [2.75, 3.05) is 0 Å². The molecule has 0 aliphatic heterocycles. The van der Waals surface area contributed by atoms with Crippen LogP contribution < -0.4 is 0 Å². The van der Waals surface area contributed by atoms with E-state index in [0.717, 1.165) is 22.5 Å². The third-order valence-corrected chi connectivity index (χ3v) is 3.47. The molecule has 0 spiro atoms. The molecule has 0 bridgehead atoms. The second-order valence-electron chi connectivity index (χ2n) is 5.16. The van der Waals surface area contributed by atoms with Crippen molar-refractivity contribution < 1.29 is 2.85 Å². The zero-order chi connectivity index (χ0) is 16.5. The molecule has 0 atom stereocenters. The van der Waals surface area contributed by atoms with E-state index in [0.29, 0.717) is 0 Å². The molecule has 2 nitrogen and oxygen atoms in total. The molecule has 4 rings (SSSR count). The van der Waals surface area contributed by atoms with Crippen molar-refractivity contribution in [2.24, 2.45) is 0 Å². The number of hydrogen-bond donors (Lipinski definition) is 0. The molecule has 0 amide bonds. The Balaban J connectivity index is 0.000000451. The van der Waals surface area contributed by atoms with Crippen LogP contribution in [-0.4, -0.2) is 20.1 Å². The number of benzene rings is 2. The second kappa shape index (κ2) is 9.92. The molecule has 2 heterocycles. The standard InChI is InChI=1S/2C11H9N.Be.2H/c2*1-2-6-10(7-3-1)11-8-4-5-9-12-11;;;/h2*1-9H;;;/q;;+2;2*-1. The minimum Gasteiger partial charge on any atom is -1.00 e. The molecule has 4 aromatic rings. The molecule has 0 N–H and O–H groups in total. The van der Waals surface area contributed by atoms with Crippen molar-refractivity contribution in [3.8, 4) is 22.5 Å². The molecular weight excluding hydrogens is 301 g/mol. The summed E-state index contributed by atoms with van der Waals surface area (Å²) in [6, 6.07) is 32.2. The molecule has 25 heavy (non-hydrogen) atoms. The summed E-state index contributed by atoms with van der Waals surface area (Å²) in [6.45, 7) is 0. The quantitative estimate of drug-likeness (QED) is 0.466. The van der Waals surface area contributed by atoms with E-state index in [-0.39, 0.29) is 13.0 Å². The Bertz CT molecular complexity index is 696. The Hall–Kier alpha value is -3.09. The summed E-state index contributed by atoms with van der Waals surface area (Å²) in [5, 5.41) is 0. The maximum absolute atomic E-state index is 4.25. The smallest absolute Gasteiger partial charge is 1.00 e. The normalized spacial score (nSPS) is 9.28. The first kappa shape index (κ1) is 18.3. The summed E-state index contributed by atoms with van der Waals surface area (Å²) in [4.78, 5) is 8.50. The molecule has 0 aliphatic rings. The third-order valence-electron chi connectivity index (χ3n) is 3.47. The largest absolute Gasteiger partial charge is 2.00 e. The van der Waals surface area contributed by atoms with Crippen molar-refractivity contribution in [3.63, 3.8) is 0 Å². The minimum absolute atomic E-state index is 0. The van der Waals surface area contributed by atoms with Crippen molar-refractivity contribution in [2.45, 2.75) is 0 Å². The maximum Gasteiger partial charge on any atom is 2.00 e. The van der Waals surface area contributed by atoms with E-state index in [1.807, 2.05) is 85.2 Å². The maximum atomic E-state index is 4.25. The SMILES string of the molecule is [Be+2].[H-].[H-].c1ccc(-c2ccccn2)cc1.c1ccc(-c2ccccn2)cc1. The van der Waals surface area contributed by atoms with Crippen LogP contribution in [0.2, 0.25) is 0 Å². The fraction of sp³-hybridized carbons (Fsp3) is 0. The first-order chi connectivity index (χ1) is 11.9. The average molecular weight is 321 g/mol. The summed E-state index contributed by atoms with van der Waals surface area (Å²) in [7, 11) is 0. The predicted octanol–water partition coefficient (Wildman–Crippen LogP) is 5.34. The fourth-order valence-corrected chi connectivity index (χ4v) is 2.28. The van der Waals surface area contributed by atoms with Gasteiger partial charge in [0.25, 0.3) is 0 Å². The average Bonchev–Trinajstić information content (AvgIpc) is 2.71. The molecule has 0 unspecified atom stereocenters. The first-order valence-corrected chi connectivity index (χ1v) is 7.86. The number of hydrogen-bond acceptors (Lipinski definition) is 2. The van der Waals surface area contributed by atoms with Gasteiger partial charge in [0.2, 0.25) is 0 Å². The molecule has 120 valence electrons. The van der Waals surface area contributed by atoms with Crippen LogP contribution in [0.15, 0.2) is 109 Å². The zero-order valence-electron chi connectivity index (χ0n) is 16.0. The second-order valence-corrected chi connectivity index (χ2v) is 5.16. The monoisotopic (exact) mass is 321 g/mol. The van der Waals surface area contributed by atoms with Crippen LogP contribution in [0.4, 0.5) is 0 Å². The van der Waals surface area contributed by atoms with Crippen LogP contribution in [0.5, 0.6) is 0 Å². The fourth-order valence-electron chi connectivity index (χ4n) is 2.28. The van der Waals surface area contributed by atoms with E-state index < -0.39 is 0 Å². The van der Waals surface area contributed by atoms with Crippen LogP contribution in [0.3, 0.4) is 0 Å². The van der Waals surface area contributed by atoms with Crippen molar-refractivity contribution in [3.05, 3.63) is 109 Å². The van der Waals surface area contributed by atoms with Gasteiger partial charge in [0.05, 0.1) is 11.4 Å². The number of aromatic nitrogens is 2. The minimum atomic E-state index is 0. The molecule has 3 heteroatoms.